The lowest BCUT2D eigenvalue weighted by atomic mass is 10.2. The maximum Gasteiger partial charge on any atom is 0.222 e. The van der Waals surface area contributed by atoms with Crippen LogP contribution in [0.3, 0.4) is 0 Å². The van der Waals surface area contributed by atoms with Gasteiger partial charge in [-0.3, -0.25) is 9.48 Å². The summed E-state index contributed by atoms with van der Waals surface area (Å²) >= 11 is 0. The molecule has 0 aliphatic rings. The third kappa shape index (κ3) is 3.69. The van der Waals surface area contributed by atoms with Gasteiger partial charge in [0, 0.05) is 30.8 Å². The smallest absolute Gasteiger partial charge is 0.222 e. The van der Waals surface area contributed by atoms with Crippen molar-refractivity contribution in [2.45, 2.75) is 60.2 Å². The number of hydrogen-bond acceptors (Lipinski definition) is 5. The van der Waals surface area contributed by atoms with Gasteiger partial charge in [0.15, 0.2) is 0 Å². The Labute approximate surface area is 129 Å². The quantitative estimate of drug-likeness (QED) is 0.821. The molecule has 8 heteroatoms. The molecule has 0 fully saturated rings. The van der Waals surface area contributed by atoms with Crippen LogP contribution in [-0.4, -0.2) is 35.9 Å². The first kappa shape index (κ1) is 16.1. The molecule has 2 aromatic heterocycles. The van der Waals surface area contributed by atoms with Crippen molar-refractivity contribution < 1.29 is 4.79 Å². The van der Waals surface area contributed by atoms with Crippen molar-refractivity contribution in [1.29, 1.82) is 0 Å². The van der Waals surface area contributed by atoms with Gasteiger partial charge in [0.1, 0.15) is 5.82 Å². The predicted octanol–water partition coefficient (Wildman–Crippen LogP) is 0.911. The van der Waals surface area contributed by atoms with Crippen LogP contribution in [0.2, 0.25) is 0 Å². The zero-order valence-corrected chi connectivity index (χ0v) is 13.6. The molecule has 2 heterocycles. The van der Waals surface area contributed by atoms with Crippen LogP contribution in [0.5, 0.6) is 0 Å². The Morgan fingerprint density at radius 2 is 1.95 bits per heavy atom. The molecule has 120 valence electrons. The Morgan fingerprint density at radius 3 is 2.59 bits per heavy atom. The third-order valence-electron chi connectivity index (χ3n) is 3.69. The lowest BCUT2D eigenvalue weighted by Crippen LogP contribution is -2.25. The largest absolute Gasteiger partial charge is 0.352 e. The van der Waals surface area contributed by atoms with Crippen LogP contribution in [0.1, 0.15) is 42.5 Å². The van der Waals surface area contributed by atoms with Crippen molar-refractivity contribution >= 4 is 5.91 Å². The van der Waals surface area contributed by atoms with E-state index in [0.29, 0.717) is 25.3 Å². The van der Waals surface area contributed by atoms with Crippen LogP contribution in [-0.2, 0) is 24.4 Å². The van der Waals surface area contributed by atoms with Gasteiger partial charge in [-0.2, -0.15) is 5.10 Å². The highest BCUT2D eigenvalue weighted by atomic mass is 16.1. The number of nitrogens with one attached hydrogen (secondary N) is 1. The van der Waals surface area contributed by atoms with Crippen LogP contribution in [0.15, 0.2) is 0 Å². The number of amides is 1. The average Bonchev–Trinajstić information content (AvgIpc) is 3.00. The number of tetrazole rings is 1. The van der Waals surface area contributed by atoms with Crippen molar-refractivity contribution in [3.05, 3.63) is 22.8 Å². The van der Waals surface area contributed by atoms with E-state index in [9.17, 15) is 4.79 Å². The Morgan fingerprint density at radius 1 is 1.18 bits per heavy atom. The van der Waals surface area contributed by atoms with Crippen LogP contribution < -0.4 is 5.32 Å². The van der Waals surface area contributed by atoms with Crippen molar-refractivity contribution in [2.24, 2.45) is 0 Å². The molecule has 0 aromatic carbocycles. The Bertz CT molecular complexity index is 644. The molecule has 0 radical (unpaired) electrons. The second-order valence-corrected chi connectivity index (χ2v) is 5.35. The summed E-state index contributed by atoms with van der Waals surface area (Å²) in [7, 11) is 0. The van der Waals surface area contributed by atoms with E-state index in [1.54, 1.807) is 4.68 Å². The van der Waals surface area contributed by atoms with E-state index < -0.39 is 0 Å². The van der Waals surface area contributed by atoms with Gasteiger partial charge in [-0.15, -0.1) is 5.10 Å². The first-order chi connectivity index (χ1) is 10.5. The molecular weight excluding hydrogens is 282 g/mol. The molecule has 0 spiro atoms. The molecule has 0 aliphatic heterocycles. The highest BCUT2D eigenvalue weighted by Crippen LogP contribution is 2.13. The van der Waals surface area contributed by atoms with Gasteiger partial charge in [0.2, 0.25) is 5.91 Å². The highest BCUT2D eigenvalue weighted by Gasteiger charge is 2.12. The van der Waals surface area contributed by atoms with Crippen LogP contribution >= 0.6 is 0 Å². The number of carbonyl (C=O) groups is 1. The molecule has 22 heavy (non-hydrogen) atoms. The van der Waals surface area contributed by atoms with E-state index in [4.69, 9.17) is 0 Å². The van der Waals surface area contributed by atoms with E-state index in [2.05, 4.69) is 32.9 Å². The second-order valence-electron chi connectivity index (χ2n) is 5.35. The van der Waals surface area contributed by atoms with E-state index >= 15 is 0 Å². The minimum atomic E-state index is -0.0167. The second kappa shape index (κ2) is 7.15. The first-order valence-corrected chi connectivity index (χ1v) is 7.55. The number of nitrogens with zero attached hydrogens (tertiary/aromatic N) is 6. The lowest BCUT2D eigenvalue weighted by Gasteiger charge is -2.07. The maximum atomic E-state index is 12.0. The van der Waals surface area contributed by atoms with Crippen LogP contribution in [0.4, 0.5) is 0 Å². The fourth-order valence-corrected chi connectivity index (χ4v) is 2.36. The monoisotopic (exact) mass is 305 g/mol. The number of rotatable bonds is 7. The summed E-state index contributed by atoms with van der Waals surface area (Å²) in [6.07, 6.45) is 1.39. The molecule has 1 N–H and O–H groups in total. The summed E-state index contributed by atoms with van der Waals surface area (Å²) in [4.78, 5) is 12.0. The van der Waals surface area contributed by atoms with Gasteiger partial charge >= 0.3 is 0 Å². The number of aromatic nitrogens is 6. The molecule has 0 saturated carbocycles. The zero-order valence-electron chi connectivity index (χ0n) is 13.6. The number of aryl methyl sites for hydroxylation is 4. The number of hydrogen-bond donors (Lipinski definition) is 1. The summed E-state index contributed by atoms with van der Waals surface area (Å²) in [5.74, 6) is 0.692. The molecule has 0 atom stereocenters. The van der Waals surface area contributed by atoms with Gasteiger partial charge in [-0.05, 0) is 37.6 Å². The Hall–Kier alpha value is -2.25. The van der Waals surface area contributed by atoms with E-state index in [-0.39, 0.29) is 5.91 Å². The van der Waals surface area contributed by atoms with Crippen molar-refractivity contribution in [3.8, 4) is 0 Å². The summed E-state index contributed by atoms with van der Waals surface area (Å²) in [6, 6.07) is 0. The molecule has 1 amide bonds. The van der Waals surface area contributed by atoms with Crippen molar-refractivity contribution in [1.82, 2.24) is 35.3 Å². The van der Waals surface area contributed by atoms with Gasteiger partial charge in [0.25, 0.3) is 0 Å². The molecule has 0 saturated heterocycles. The van der Waals surface area contributed by atoms with Gasteiger partial charge in [0.05, 0.1) is 12.2 Å². The highest BCUT2D eigenvalue weighted by molar-refractivity contribution is 5.75. The van der Waals surface area contributed by atoms with Crippen LogP contribution in [0.25, 0.3) is 0 Å². The Kier molecular flexibility index (Phi) is 5.24. The molecule has 0 aliphatic carbocycles. The minimum Gasteiger partial charge on any atom is -0.352 e. The van der Waals surface area contributed by atoms with Gasteiger partial charge in [-0.25, -0.2) is 4.68 Å². The summed E-state index contributed by atoms with van der Waals surface area (Å²) in [6.45, 7) is 9.85. The van der Waals surface area contributed by atoms with Crippen molar-refractivity contribution in [2.75, 3.05) is 0 Å². The minimum absolute atomic E-state index is 0.0167. The first-order valence-electron chi connectivity index (χ1n) is 7.55. The number of carbonyl (C=O) groups excluding carboxylic acids is 1. The van der Waals surface area contributed by atoms with E-state index in [1.807, 2.05) is 25.5 Å². The van der Waals surface area contributed by atoms with E-state index in [1.165, 1.54) is 0 Å². The standard InChI is InChI=1S/C14H23N7O/c1-5-7-20-11(3)13(10(2)17-20)9-15-14(22)6-8-21-12(4)16-18-19-21/h5-9H2,1-4H3,(H,15,22). The zero-order chi connectivity index (χ0) is 16.1. The molecule has 0 bridgehead atoms. The Balaban J connectivity index is 1.87. The fraction of sp³-hybridized carbons (Fsp3) is 0.643. The molecule has 2 rings (SSSR count). The van der Waals surface area contributed by atoms with Gasteiger partial charge in [-0.1, -0.05) is 6.92 Å². The van der Waals surface area contributed by atoms with Crippen LogP contribution in [0, 0.1) is 20.8 Å². The normalized spacial score (nSPS) is 10.9. The average molecular weight is 305 g/mol. The van der Waals surface area contributed by atoms with E-state index in [0.717, 1.165) is 29.9 Å². The lowest BCUT2D eigenvalue weighted by molar-refractivity contribution is -0.121. The molecule has 2 aromatic rings. The SMILES string of the molecule is CCCn1nc(C)c(CNC(=O)CCn2nnnc2C)c1C. The molecular formula is C14H23N7O. The van der Waals surface area contributed by atoms with Gasteiger partial charge < -0.3 is 5.32 Å². The topological polar surface area (TPSA) is 90.5 Å². The summed E-state index contributed by atoms with van der Waals surface area (Å²) in [5, 5.41) is 18.6. The predicted molar refractivity (Wildman–Crippen MR) is 81.0 cm³/mol. The molecule has 0 unspecified atom stereocenters. The third-order valence-corrected chi connectivity index (χ3v) is 3.69. The fourth-order valence-electron chi connectivity index (χ4n) is 2.36. The molecule has 8 nitrogen and oxygen atoms in total. The van der Waals surface area contributed by atoms with Crippen molar-refractivity contribution in [3.63, 3.8) is 0 Å². The summed E-state index contributed by atoms with van der Waals surface area (Å²) < 4.78 is 3.62. The maximum absolute atomic E-state index is 12.0. The summed E-state index contributed by atoms with van der Waals surface area (Å²) in [5.41, 5.74) is 3.19.